The number of nitrogens with zero attached hydrogens (tertiary/aromatic N) is 1. The zero-order valence-electron chi connectivity index (χ0n) is 20.3. The Labute approximate surface area is 198 Å². The topological polar surface area (TPSA) is 60.8 Å². The van der Waals surface area contributed by atoms with Gasteiger partial charge >= 0.3 is 0 Å². The molecule has 4 heteroatoms. The number of benzene rings is 1. The number of carbonyl (C=O) groups is 1. The number of aliphatic hydroxyl groups excluding tert-OH is 1. The monoisotopic (exact) mass is 449 g/mol. The zero-order chi connectivity index (χ0) is 23.2. The molecule has 4 atom stereocenters. The number of rotatable bonds is 6. The standard InChI is InChI=1S/C29H39NO3/c1-30(2)22-7-4-20(5-8-22)19-28-15-12-25-24-11-9-23(32)18-21(24)6-10-26(25)27(28)13-16-29(28,33)14-3-17-31/h4-5,7-8,18,26-27,31,33H,3,6,9-17,19H2,1-2H3/t26-,27-,28+,29-/m1/s1. The molecule has 1 aromatic carbocycles. The molecule has 1 aromatic rings. The normalized spacial score (nSPS) is 33.3. The molecule has 0 bridgehead atoms. The van der Waals surface area contributed by atoms with Crippen molar-refractivity contribution in [2.75, 3.05) is 25.6 Å². The first kappa shape index (κ1) is 22.9. The number of carbonyl (C=O) groups excluding carboxylic acids is 1. The Bertz CT molecular complexity index is 975. The molecule has 2 saturated carbocycles. The number of hydrogen-bond donors (Lipinski definition) is 2. The Hall–Kier alpha value is -1.91. The molecule has 33 heavy (non-hydrogen) atoms. The Kier molecular flexibility index (Phi) is 6.03. The van der Waals surface area contributed by atoms with Crippen LogP contribution < -0.4 is 4.90 Å². The summed E-state index contributed by atoms with van der Waals surface area (Å²) in [4.78, 5) is 14.1. The maximum Gasteiger partial charge on any atom is 0.156 e. The van der Waals surface area contributed by atoms with Gasteiger partial charge in [-0.2, -0.15) is 0 Å². The number of anilines is 1. The van der Waals surface area contributed by atoms with E-state index in [0.717, 1.165) is 51.4 Å². The van der Waals surface area contributed by atoms with Crippen LogP contribution in [0.15, 0.2) is 47.1 Å². The number of hydrogen-bond acceptors (Lipinski definition) is 4. The molecular weight excluding hydrogens is 410 g/mol. The van der Waals surface area contributed by atoms with Gasteiger partial charge in [0, 0.05) is 38.2 Å². The van der Waals surface area contributed by atoms with Crippen molar-refractivity contribution in [3.8, 4) is 0 Å². The second-order valence-corrected chi connectivity index (χ2v) is 11.2. The highest BCUT2D eigenvalue weighted by molar-refractivity contribution is 5.93. The van der Waals surface area contributed by atoms with Gasteiger partial charge in [0.1, 0.15) is 0 Å². The lowest BCUT2D eigenvalue weighted by atomic mass is 9.52. The third kappa shape index (κ3) is 3.80. The summed E-state index contributed by atoms with van der Waals surface area (Å²) >= 11 is 0. The fourth-order valence-electron chi connectivity index (χ4n) is 7.87. The maximum absolute atomic E-state index is 12.1. The van der Waals surface area contributed by atoms with Crippen LogP contribution in [-0.4, -0.2) is 42.3 Å². The van der Waals surface area contributed by atoms with Crippen LogP contribution in [0.3, 0.4) is 0 Å². The molecular formula is C29H39NO3. The molecule has 2 fully saturated rings. The van der Waals surface area contributed by atoms with Crippen molar-refractivity contribution < 1.29 is 15.0 Å². The fourth-order valence-corrected chi connectivity index (χ4v) is 7.87. The van der Waals surface area contributed by atoms with Gasteiger partial charge in [-0.25, -0.2) is 0 Å². The highest BCUT2D eigenvalue weighted by Crippen LogP contribution is 2.65. The highest BCUT2D eigenvalue weighted by Gasteiger charge is 2.62. The Morgan fingerprint density at radius 3 is 2.55 bits per heavy atom. The van der Waals surface area contributed by atoms with Crippen molar-refractivity contribution in [1.82, 2.24) is 0 Å². The van der Waals surface area contributed by atoms with Crippen molar-refractivity contribution in [1.29, 1.82) is 0 Å². The molecule has 2 N–H and O–H groups in total. The van der Waals surface area contributed by atoms with Crippen LogP contribution in [0.4, 0.5) is 5.69 Å². The van der Waals surface area contributed by atoms with E-state index in [4.69, 9.17) is 0 Å². The Morgan fingerprint density at radius 2 is 1.82 bits per heavy atom. The second kappa shape index (κ2) is 8.70. The summed E-state index contributed by atoms with van der Waals surface area (Å²) in [5.74, 6) is 1.30. The van der Waals surface area contributed by atoms with Crippen molar-refractivity contribution in [3.63, 3.8) is 0 Å². The van der Waals surface area contributed by atoms with Crippen LogP contribution in [0, 0.1) is 17.3 Å². The molecule has 0 unspecified atom stereocenters. The molecule has 0 amide bonds. The van der Waals surface area contributed by atoms with E-state index in [2.05, 4.69) is 43.3 Å². The lowest BCUT2D eigenvalue weighted by Gasteiger charge is -2.54. The third-order valence-corrected chi connectivity index (χ3v) is 9.46. The van der Waals surface area contributed by atoms with Gasteiger partial charge in [0.2, 0.25) is 0 Å². The van der Waals surface area contributed by atoms with Crippen LogP contribution in [0.25, 0.3) is 0 Å². The first-order valence-electron chi connectivity index (χ1n) is 12.9. The summed E-state index contributed by atoms with van der Waals surface area (Å²) in [5.41, 5.74) is 6.06. The summed E-state index contributed by atoms with van der Waals surface area (Å²) in [5, 5.41) is 21.7. The van der Waals surface area contributed by atoms with Crippen LogP contribution in [-0.2, 0) is 11.2 Å². The predicted octanol–water partition coefficient (Wildman–Crippen LogP) is 4.98. The van der Waals surface area contributed by atoms with E-state index >= 15 is 0 Å². The van der Waals surface area contributed by atoms with Gasteiger partial charge in [-0.3, -0.25) is 4.79 Å². The fraction of sp³-hybridized carbons (Fsp3) is 0.621. The minimum absolute atomic E-state index is 0.137. The molecule has 178 valence electrons. The smallest absolute Gasteiger partial charge is 0.156 e. The first-order chi connectivity index (χ1) is 15.9. The summed E-state index contributed by atoms with van der Waals surface area (Å²) in [7, 11) is 4.13. The van der Waals surface area contributed by atoms with E-state index in [1.54, 1.807) is 5.57 Å². The molecule has 4 aliphatic carbocycles. The average molecular weight is 450 g/mol. The molecule has 5 rings (SSSR count). The summed E-state index contributed by atoms with van der Waals surface area (Å²) in [6.07, 6.45) is 11.8. The lowest BCUT2D eigenvalue weighted by molar-refractivity contribution is -0.114. The van der Waals surface area contributed by atoms with Gasteiger partial charge in [0.15, 0.2) is 5.78 Å². The van der Waals surface area contributed by atoms with Gasteiger partial charge in [-0.05, 0) is 111 Å². The van der Waals surface area contributed by atoms with Gasteiger partial charge in [-0.15, -0.1) is 0 Å². The number of fused-ring (bicyclic) bond motifs is 4. The van der Waals surface area contributed by atoms with E-state index in [1.165, 1.54) is 22.4 Å². The molecule has 0 heterocycles. The summed E-state index contributed by atoms with van der Waals surface area (Å²) in [6, 6.07) is 8.87. The van der Waals surface area contributed by atoms with E-state index < -0.39 is 5.60 Å². The third-order valence-electron chi connectivity index (χ3n) is 9.46. The molecule has 0 aromatic heterocycles. The van der Waals surface area contributed by atoms with E-state index in [1.807, 2.05) is 6.08 Å². The van der Waals surface area contributed by atoms with Gasteiger partial charge in [0.05, 0.1) is 5.60 Å². The van der Waals surface area contributed by atoms with Crippen molar-refractivity contribution in [2.24, 2.45) is 17.3 Å². The van der Waals surface area contributed by atoms with Gasteiger partial charge < -0.3 is 15.1 Å². The molecule has 4 aliphatic rings. The minimum Gasteiger partial charge on any atom is -0.396 e. The molecule has 0 aliphatic heterocycles. The molecule has 0 spiro atoms. The average Bonchev–Trinajstić information content (AvgIpc) is 3.10. The minimum atomic E-state index is -0.713. The van der Waals surface area contributed by atoms with Crippen LogP contribution in [0.2, 0.25) is 0 Å². The van der Waals surface area contributed by atoms with Crippen molar-refractivity contribution >= 4 is 11.5 Å². The number of allylic oxidation sites excluding steroid dienone is 4. The summed E-state index contributed by atoms with van der Waals surface area (Å²) < 4.78 is 0. The quantitative estimate of drug-likeness (QED) is 0.643. The second-order valence-electron chi connectivity index (χ2n) is 11.2. The van der Waals surface area contributed by atoms with Crippen molar-refractivity contribution in [3.05, 3.63) is 52.6 Å². The van der Waals surface area contributed by atoms with Crippen LogP contribution in [0.1, 0.15) is 69.8 Å². The van der Waals surface area contributed by atoms with Gasteiger partial charge in [-0.1, -0.05) is 17.7 Å². The SMILES string of the molecule is CN(C)c1ccc(C[C@@]23CCC4=C5CCC(=O)C=C5CC[C@H]4[C@H]2CC[C@]3(O)CCCO)cc1. The first-order valence-corrected chi connectivity index (χ1v) is 12.9. The summed E-state index contributed by atoms with van der Waals surface area (Å²) in [6.45, 7) is 0.140. The number of aliphatic hydroxyl groups is 2. The lowest BCUT2D eigenvalue weighted by Crippen LogP contribution is -2.53. The zero-order valence-corrected chi connectivity index (χ0v) is 20.3. The molecule has 4 nitrogen and oxygen atoms in total. The molecule has 0 radical (unpaired) electrons. The highest BCUT2D eigenvalue weighted by atomic mass is 16.3. The van der Waals surface area contributed by atoms with E-state index in [0.29, 0.717) is 36.9 Å². The molecule has 0 saturated heterocycles. The van der Waals surface area contributed by atoms with Crippen LogP contribution in [0.5, 0.6) is 0 Å². The predicted molar refractivity (Wildman–Crippen MR) is 132 cm³/mol. The van der Waals surface area contributed by atoms with E-state index in [9.17, 15) is 15.0 Å². The van der Waals surface area contributed by atoms with Gasteiger partial charge in [0.25, 0.3) is 0 Å². The Morgan fingerprint density at radius 1 is 1.03 bits per heavy atom. The van der Waals surface area contributed by atoms with Crippen LogP contribution >= 0.6 is 0 Å². The largest absolute Gasteiger partial charge is 0.396 e. The number of ketones is 1. The van der Waals surface area contributed by atoms with E-state index in [-0.39, 0.29) is 12.0 Å². The Balaban J connectivity index is 1.52. The maximum atomic E-state index is 12.1. The van der Waals surface area contributed by atoms with Crippen molar-refractivity contribution in [2.45, 2.75) is 76.2 Å².